The van der Waals surface area contributed by atoms with Crippen molar-refractivity contribution in [3.8, 4) is 10.4 Å². The summed E-state index contributed by atoms with van der Waals surface area (Å²) < 4.78 is 28.0. The maximum atomic E-state index is 12.7. The summed E-state index contributed by atoms with van der Waals surface area (Å²) in [7, 11) is -3.60. The van der Waals surface area contributed by atoms with Crippen LogP contribution in [0.15, 0.2) is 23.1 Å². The van der Waals surface area contributed by atoms with Crippen LogP contribution in [0.2, 0.25) is 0 Å². The first-order valence-corrected chi connectivity index (χ1v) is 12.9. The van der Waals surface area contributed by atoms with E-state index in [1.807, 2.05) is 19.1 Å². The molecule has 1 amide bonds. The minimum absolute atomic E-state index is 0.00973. The van der Waals surface area contributed by atoms with Crippen LogP contribution >= 0.6 is 11.3 Å². The first-order chi connectivity index (χ1) is 14.2. The highest BCUT2D eigenvalue weighted by Gasteiger charge is 2.21. The second-order valence-corrected chi connectivity index (χ2v) is 11.1. The smallest absolute Gasteiger partial charge is 0.241 e. The van der Waals surface area contributed by atoms with Gasteiger partial charge in [-0.15, -0.1) is 0 Å². The van der Waals surface area contributed by atoms with Crippen molar-refractivity contribution < 1.29 is 13.2 Å². The number of aromatic nitrogens is 1. The Hall–Kier alpha value is -1.77. The Morgan fingerprint density at radius 1 is 1.20 bits per heavy atom. The first kappa shape index (κ1) is 22.9. The molecule has 0 saturated heterocycles. The van der Waals surface area contributed by atoms with Gasteiger partial charge in [0.2, 0.25) is 15.9 Å². The summed E-state index contributed by atoms with van der Waals surface area (Å²) in [6.07, 6.45) is 6.49. The topological polar surface area (TPSA) is 88.2 Å². The van der Waals surface area contributed by atoms with Crippen LogP contribution in [0.1, 0.15) is 63.6 Å². The first-order valence-electron chi connectivity index (χ1n) is 10.6. The molecule has 6 nitrogen and oxygen atoms in total. The van der Waals surface area contributed by atoms with Gasteiger partial charge in [0.1, 0.15) is 0 Å². The van der Waals surface area contributed by atoms with Crippen LogP contribution in [0, 0.1) is 19.8 Å². The summed E-state index contributed by atoms with van der Waals surface area (Å²) in [6.45, 7) is 7.26. The average molecular weight is 450 g/mol. The fourth-order valence-electron chi connectivity index (χ4n) is 3.95. The lowest BCUT2D eigenvalue weighted by molar-refractivity contribution is -0.117. The molecule has 8 heteroatoms. The minimum atomic E-state index is -3.60. The number of aryl methyl sites for hydroxylation is 2. The summed E-state index contributed by atoms with van der Waals surface area (Å²) in [5, 5.41) is 3.50. The van der Waals surface area contributed by atoms with Crippen LogP contribution in [0.4, 0.5) is 5.13 Å². The number of hydrogen-bond donors (Lipinski definition) is 2. The van der Waals surface area contributed by atoms with Gasteiger partial charge in [0.05, 0.1) is 15.5 Å². The van der Waals surface area contributed by atoms with Gasteiger partial charge in [0, 0.05) is 12.5 Å². The van der Waals surface area contributed by atoms with Gasteiger partial charge in [-0.2, -0.15) is 0 Å². The van der Waals surface area contributed by atoms with Crippen LogP contribution in [0.25, 0.3) is 10.4 Å². The number of carbonyl (C=O) groups excluding carboxylic acids is 1. The Labute approximate surface area is 183 Å². The predicted molar refractivity (Wildman–Crippen MR) is 122 cm³/mol. The number of anilines is 1. The number of rotatable bonds is 7. The zero-order valence-electron chi connectivity index (χ0n) is 18.1. The Morgan fingerprint density at radius 2 is 1.90 bits per heavy atom. The molecular formula is C22H31N3O3S2. The number of benzene rings is 1. The molecule has 3 rings (SSSR count). The lowest BCUT2D eigenvalue weighted by Gasteiger charge is -2.20. The zero-order chi connectivity index (χ0) is 21.9. The van der Waals surface area contributed by atoms with E-state index in [9.17, 15) is 13.2 Å². The van der Waals surface area contributed by atoms with Crippen molar-refractivity contribution in [2.24, 2.45) is 5.92 Å². The Kier molecular flexibility index (Phi) is 7.31. The van der Waals surface area contributed by atoms with Crippen molar-refractivity contribution in [1.29, 1.82) is 0 Å². The Bertz CT molecular complexity index is 1010. The maximum Gasteiger partial charge on any atom is 0.241 e. The van der Waals surface area contributed by atoms with Gasteiger partial charge in [-0.1, -0.05) is 42.7 Å². The standard InChI is InChI=1S/C22H31N3O3S2/c1-14(2)25-30(27,28)19-13-18(11-10-15(19)3)21-16(4)23-22(29-21)24-20(26)12-17-8-6-5-7-9-17/h10-11,13-14,17,25H,5-9,12H2,1-4H3,(H,23,24,26). The molecule has 30 heavy (non-hydrogen) atoms. The van der Waals surface area contributed by atoms with E-state index in [1.165, 1.54) is 30.6 Å². The fraction of sp³-hybridized carbons (Fsp3) is 0.545. The van der Waals surface area contributed by atoms with Crippen molar-refractivity contribution in [3.05, 3.63) is 29.5 Å². The molecule has 1 aliphatic rings. The second kappa shape index (κ2) is 9.58. The third-order valence-corrected chi connectivity index (χ3v) is 8.29. The van der Waals surface area contributed by atoms with Gasteiger partial charge >= 0.3 is 0 Å². The zero-order valence-corrected chi connectivity index (χ0v) is 19.8. The Morgan fingerprint density at radius 3 is 2.57 bits per heavy atom. The molecule has 2 N–H and O–H groups in total. The van der Waals surface area contributed by atoms with E-state index in [0.29, 0.717) is 23.0 Å². The van der Waals surface area contributed by atoms with Crippen LogP contribution in [0.3, 0.4) is 0 Å². The molecule has 1 aromatic heterocycles. The van der Waals surface area contributed by atoms with Crippen LogP contribution < -0.4 is 10.0 Å². The third-order valence-electron chi connectivity index (χ3n) is 5.37. The van der Waals surface area contributed by atoms with Gasteiger partial charge < -0.3 is 5.32 Å². The molecule has 1 aromatic carbocycles. The van der Waals surface area contributed by atoms with E-state index >= 15 is 0 Å². The SMILES string of the molecule is Cc1ccc(-c2sc(NC(=O)CC3CCCCC3)nc2C)cc1S(=O)(=O)NC(C)C. The molecule has 1 heterocycles. The Balaban J connectivity index is 1.79. The van der Waals surface area contributed by atoms with Crippen molar-refractivity contribution in [1.82, 2.24) is 9.71 Å². The lowest BCUT2D eigenvalue weighted by Crippen LogP contribution is -2.30. The number of carbonyl (C=O) groups is 1. The molecular weight excluding hydrogens is 418 g/mol. The molecule has 0 aliphatic heterocycles. The summed E-state index contributed by atoms with van der Waals surface area (Å²) in [4.78, 5) is 18.1. The molecule has 0 bridgehead atoms. The predicted octanol–water partition coefficient (Wildman–Crippen LogP) is 5.02. The van der Waals surface area contributed by atoms with Crippen molar-refractivity contribution in [3.63, 3.8) is 0 Å². The highest BCUT2D eigenvalue weighted by Crippen LogP contribution is 2.35. The molecule has 2 aromatic rings. The molecule has 1 fully saturated rings. The summed E-state index contributed by atoms with van der Waals surface area (Å²) in [5.74, 6) is 0.480. The minimum Gasteiger partial charge on any atom is -0.302 e. The number of sulfonamides is 1. The summed E-state index contributed by atoms with van der Waals surface area (Å²) >= 11 is 1.38. The maximum absolute atomic E-state index is 12.7. The quantitative estimate of drug-likeness (QED) is 0.621. The summed E-state index contributed by atoms with van der Waals surface area (Å²) in [5.41, 5.74) is 2.25. The van der Waals surface area contributed by atoms with E-state index in [1.54, 1.807) is 26.8 Å². The average Bonchev–Trinajstić information content (AvgIpc) is 3.01. The van der Waals surface area contributed by atoms with Crippen LogP contribution in [0.5, 0.6) is 0 Å². The van der Waals surface area contributed by atoms with Gasteiger partial charge in [-0.25, -0.2) is 18.1 Å². The largest absolute Gasteiger partial charge is 0.302 e. The molecule has 164 valence electrons. The van der Waals surface area contributed by atoms with E-state index in [4.69, 9.17) is 0 Å². The van der Waals surface area contributed by atoms with E-state index < -0.39 is 10.0 Å². The number of amides is 1. The summed E-state index contributed by atoms with van der Waals surface area (Å²) in [6, 6.07) is 5.21. The highest BCUT2D eigenvalue weighted by molar-refractivity contribution is 7.89. The second-order valence-electron chi connectivity index (χ2n) is 8.45. The molecule has 1 saturated carbocycles. The molecule has 1 aliphatic carbocycles. The third kappa shape index (κ3) is 5.68. The lowest BCUT2D eigenvalue weighted by atomic mass is 9.87. The van der Waals surface area contributed by atoms with Crippen LogP contribution in [-0.4, -0.2) is 25.4 Å². The van der Waals surface area contributed by atoms with E-state index in [0.717, 1.165) is 29.0 Å². The normalized spacial score (nSPS) is 15.5. The number of thiazole rings is 1. The molecule has 0 radical (unpaired) electrons. The highest BCUT2D eigenvalue weighted by atomic mass is 32.2. The van der Waals surface area contributed by atoms with Gasteiger partial charge in [0.15, 0.2) is 5.13 Å². The molecule has 0 atom stereocenters. The van der Waals surface area contributed by atoms with E-state index in [-0.39, 0.29) is 16.8 Å². The number of hydrogen-bond acceptors (Lipinski definition) is 5. The number of nitrogens with zero attached hydrogens (tertiary/aromatic N) is 1. The number of nitrogens with one attached hydrogen (secondary N) is 2. The monoisotopic (exact) mass is 449 g/mol. The van der Waals surface area contributed by atoms with Crippen molar-refractivity contribution in [2.75, 3.05) is 5.32 Å². The van der Waals surface area contributed by atoms with E-state index in [2.05, 4.69) is 15.0 Å². The van der Waals surface area contributed by atoms with Crippen LogP contribution in [-0.2, 0) is 14.8 Å². The van der Waals surface area contributed by atoms with Crippen molar-refractivity contribution >= 4 is 32.4 Å². The van der Waals surface area contributed by atoms with Gasteiger partial charge in [0.25, 0.3) is 0 Å². The van der Waals surface area contributed by atoms with Gasteiger partial charge in [-0.05, 0) is 63.6 Å². The van der Waals surface area contributed by atoms with Crippen molar-refractivity contribution in [2.45, 2.75) is 77.2 Å². The molecule has 0 unspecified atom stereocenters. The van der Waals surface area contributed by atoms with Gasteiger partial charge in [-0.3, -0.25) is 4.79 Å². The molecule has 0 spiro atoms. The fourth-order valence-corrected chi connectivity index (χ4v) is 6.45.